The zero-order valence-corrected chi connectivity index (χ0v) is 13.0. The number of ether oxygens (including phenoxy) is 2. The van der Waals surface area contributed by atoms with Crippen LogP contribution in [0.5, 0.6) is 11.5 Å². The Balaban J connectivity index is 1.47. The summed E-state index contributed by atoms with van der Waals surface area (Å²) >= 11 is 0. The van der Waals surface area contributed by atoms with Gasteiger partial charge in [0.25, 0.3) is 0 Å². The Morgan fingerprint density at radius 1 is 1.21 bits per heavy atom. The Bertz CT molecular complexity index is 899. The molecule has 1 aromatic carbocycles. The van der Waals surface area contributed by atoms with Gasteiger partial charge < -0.3 is 14.8 Å². The molecule has 0 atom stereocenters. The van der Waals surface area contributed by atoms with Crippen LogP contribution in [0, 0.1) is 0 Å². The van der Waals surface area contributed by atoms with Crippen molar-refractivity contribution < 1.29 is 14.3 Å². The fourth-order valence-corrected chi connectivity index (χ4v) is 2.50. The first-order chi connectivity index (χ1) is 11.7. The Morgan fingerprint density at radius 2 is 2.08 bits per heavy atom. The lowest BCUT2D eigenvalue weighted by Crippen LogP contribution is -2.20. The van der Waals surface area contributed by atoms with Crippen LogP contribution in [0.15, 0.2) is 42.9 Å². The van der Waals surface area contributed by atoms with Crippen molar-refractivity contribution in [3.05, 3.63) is 42.9 Å². The van der Waals surface area contributed by atoms with Crippen molar-refractivity contribution in [2.75, 3.05) is 12.1 Å². The zero-order valence-electron chi connectivity index (χ0n) is 13.0. The van der Waals surface area contributed by atoms with E-state index in [2.05, 4.69) is 15.5 Å². The maximum atomic E-state index is 12.1. The van der Waals surface area contributed by atoms with Crippen LogP contribution in [0.4, 0.5) is 5.82 Å². The van der Waals surface area contributed by atoms with E-state index < -0.39 is 0 Å². The molecule has 2 aromatic heterocycles. The summed E-state index contributed by atoms with van der Waals surface area (Å²) in [6.45, 7) is 0.363. The Morgan fingerprint density at radius 3 is 2.92 bits per heavy atom. The van der Waals surface area contributed by atoms with Crippen LogP contribution in [0.2, 0.25) is 0 Å². The third-order valence-corrected chi connectivity index (χ3v) is 3.73. The lowest BCUT2D eigenvalue weighted by atomic mass is 10.1. The SMILES string of the molecule is Cn1nccc1NC(=O)Cn1cc(-c2ccc3c(c2)OCO3)cn1. The van der Waals surface area contributed by atoms with Crippen molar-refractivity contribution in [1.82, 2.24) is 19.6 Å². The first-order valence-corrected chi connectivity index (χ1v) is 7.39. The molecule has 1 N–H and O–H groups in total. The van der Waals surface area contributed by atoms with Gasteiger partial charge in [0.1, 0.15) is 12.4 Å². The molecule has 1 aliphatic rings. The monoisotopic (exact) mass is 325 g/mol. The smallest absolute Gasteiger partial charge is 0.247 e. The van der Waals surface area contributed by atoms with Gasteiger partial charge in [-0.25, -0.2) is 0 Å². The second-order valence-electron chi connectivity index (χ2n) is 5.38. The molecule has 0 saturated heterocycles. The third-order valence-electron chi connectivity index (χ3n) is 3.73. The summed E-state index contributed by atoms with van der Waals surface area (Å²) in [5, 5.41) is 11.0. The summed E-state index contributed by atoms with van der Waals surface area (Å²) in [5.74, 6) is 1.93. The average Bonchev–Trinajstić information content (AvgIpc) is 3.28. The quantitative estimate of drug-likeness (QED) is 0.788. The summed E-state index contributed by atoms with van der Waals surface area (Å²) in [6.07, 6.45) is 5.16. The van der Waals surface area contributed by atoms with Crippen molar-refractivity contribution in [1.29, 1.82) is 0 Å². The van der Waals surface area contributed by atoms with Gasteiger partial charge in [0, 0.05) is 24.9 Å². The minimum Gasteiger partial charge on any atom is -0.454 e. The fraction of sp³-hybridized carbons (Fsp3) is 0.188. The topological polar surface area (TPSA) is 83.2 Å². The van der Waals surface area contributed by atoms with Crippen molar-refractivity contribution in [2.45, 2.75) is 6.54 Å². The summed E-state index contributed by atoms with van der Waals surface area (Å²) in [5.41, 5.74) is 1.86. The molecule has 3 aromatic rings. The summed E-state index contributed by atoms with van der Waals surface area (Å²) in [6, 6.07) is 7.44. The highest BCUT2D eigenvalue weighted by Gasteiger charge is 2.15. The van der Waals surface area contributed by atoms with Gasteiger partial charge in [0.2, 0.25) is 12.7 Å². The van der Waals surface area contributed by atoms with Gasteiger partial charge in [-0.15, -0.1) is 0 Å². The second-order valence-corrected chi connectivity index (χ2v) is 5.38. The van der Waals surface area contributed by atoms with E-state index in [1.807, 2.05) is 24.4 Å². The first-order valence-electron chi connectivity index (χ1n) is 7.39. The lowest BCUT2D eigenvalue weighted by Gasteiger charge is -2.05. The van der Waals surface area contributed by atoms with Crippen molar-refractivity contribution in [3.63, 3.8) is 0 Å². The molecule has 0 bridgehead atoms. The molecule has 0 unspecified atom stereocenters. The molecule has 122 valence electrons. The van der Waals surface area contributed by atoms with Crippen molar-refractivity contribution >= 4 is 11.7 Å². The van der Waals surface area contributed by atoms with Gasteiger partial charge in [0.15, 0.2) is 11.5 Å². The highest BCUT2D eigenvalue weighted by molar-refractivity contribution is 5.89. The molecule has 0 radical (unpaired) electrons. The molecule has 0 spiro atoms. The average molecular weight is 325 g/mol. The number of nitrogens with one attached hydrogen (secondary N) is 1. The number of amides is 1. The minimum atomic E-state index is -0.168. The highest BCUT2D eigenvalue weighted by Crippen LogP contribution is 2.35. The maximum Gasteiger partial charge on any atom is 0.247 e. The number of fused-ring (bicyclic) bond motifs is 1. The van der Waals surface area contributed by atoms with E-state index in [0.717, 1.165) is 16.9 Å². The predicted octanol–water partition coefficient (Wildman–Crippen LogP) is 1.65. The Labute approximate surface area is 137 Å². The van der Waals surface area contributed by atoms with E-state index in [1.54, 1.807) is 34.9 Å². The van der Waals surface area contributed by atoms with E-state index in [9.17, 15) is 4.79 Å². The van der Waals surface area contributed by atoms with E-state index in [-0.39, 0.29) is 19.2 Å². The van der Waals surface area contributed by atoms with Crippen molar-refractivity contribution in [2.24, 2.45) is 7.05 Å². The summed E-state index contributed by atoms with van der Waals surface area (Å²) < 4.78 is 13.9. The molecule has 24 heavy (non-hydrogen) atoms. The van der Waals surface area contributed by atoms with Gasteiger partial charge in [-0.05, 0) is 17.7 Å². The van der Waals surface area contributed by atoms with E-state index in [0.29, 0.717) is 11.6 Å². The number of aromatic nitrogens is 4. The normalized spacial score (nSPS) is 12.4. The predicted molar refractivity (Wildman–Crippen MR) is 85.6 cm³/mol. The van der Waals surface area contributed by atoms with Crippen LogP contribution < -0.4 is 14.8 Å². The molecule has 8 heteroatoms. The summed E-state index contributed by atoms with van der Waals surface area (Å²) in [7, 11) is 1.77. The van der Waals surface area contributed by atoms with Crippen LogP contribution in [0.1, 0.15) is 0 Å². The first kappa shape index (κ1) is 14.3. The third kappa shape index (κ3) is 2.69. The van der Waals surface area contributed by atoms with Crippen LogP contribution in [0.25, 0.3) is 11.1 Å². The van der Waals surface area contributed by atoms with Gasteiger partial charge in [-0.2, -0.15) is 10.2 Å². The number of hydrogen-bond acceptors (Lipinski definition) is 5. The van der Waals surface area contributed by atoms with Crippen LogP contribution in [-0.2, 0) is 18.4 Å². The van der Waals surface area contributed by atoms with E-state index in [4.69, 9.17) is 9.47 Å². The molecule has 0 saturated carbocycles. The lowest BCUT2D eigenvalue weighted by molar-refractivity contribution is -0.116. The van der Waals surface area contributed by atoms with Crippen LogP contribution in [-0.4, -0.2) is 32.3 Å². The number of carbonyl (C=O) groups is 1. The molecule has 3 heterocycles. The van der Waals surface area contributed by atoms with Gasteiger partial charge in [-0.3, -0.25) is 14.2 Å². The second kappa shape index (κ2) is 5.73. The molecule has 4 rings (SSSR count). The number of nitrogens with zero attached hydrogens (tertiary/aromatic N) is 4. The molecular weight excluding hydrogens is 310 g/mol. The van der Waals surface area contributed by atoms with Crippen LogP contribution in [0.3, 0.4) is 0 Å². The number of anilines is 1. The zero-order chi connectivity index (χ0) is 16.5. The molecule has 1 amide bonds. The minimum absolute atomic E-state index is 0.121. The van der Waals surface area contributed by atoms with Gasteiger partial charge >= 0.3 is 0 Å². The molecule has 0 aliphatic carbocycles. The van der Waals surface area contributed by atoms with Gasteiger partial charge in [0.05, 0.1) is 12.4 Å². The van der Waals surface area contributed by atoms with Crippen LogP contribution >= 0.6 is 0 Å². The van der Waals surface area contributed by atoms with Gasteiger partial charge in [-0.1, -0.05) is 6.07 Å². The molecular formula is C16H15N5O3. The largest absolute Gasteiger partial charge is 0.454 e. The molecule has 8 nitrogen and oxygen atoms in total. The Hall–Kier alpha value is -3.29. The number of carbonyl (C=O) groups excluding carboxylic acids is 1. The van der Waals surface area contributed by atoms with E-state index in [1.165, 1.54) is 0 Å². The fourth-order valence-electron chi connectivity index (χ4n) is 2.50. The maximum absolute atomic E-state index is 12.1. The standard InChI is InChI=1S/C16H15N5O3/c1-20-15(4-5-17-20)19-16(22)9-21-8-12(7-18-21)11-2-3-13-14(6-11)24-10-23-13/h2-8H,9-10H2,1H3,(H,19,22). The number of aryl methyl sites for hydroxylation is 1. The number of rotatable bonds is 4. The highest BCUT2D eigenvalue weighted by atomic mass is 16.7. The Kier molecular flexibility index (Phi) is 3.42. The van der Waals surface area contributed by atoms with E-state index >= 15 is 0 Å². The summed E-state index contributed by atoms with van der Waals surface area (Å²) in [4.78, 5) is 12.1. The van der Waals surface area contributed by atoms with Crippen molar-refractivity contribution in [3.8, 4) is 22.6 Å². The number of benzene rings is 1. The molecule has 0 fully saturated rings. The number of hydrogen-bond donors (Lipinski definition) is 1. The molecule has 1 aliphatic heterocycles.